The van der Waals surface area contributed by atoms with E-state index in [1.807, 2.05) is 24.9 Å². The van der Waals surface area contributed by atoms with Gasteiger partial charge < -0.3 is 20.3 Å². The van der Waals surface area contributed by atoms with E-state index in [0.29, 0.717) is 5.69 Å². The molecule has 0 amide bonds. The number of aliphatic imine (C=N–C) groups is 1. The zero-order chi connectivity index (χ0) is 17.6. The fraction of sp³-hybridized carbons (Fsp3) is 0.611. The molecule has 0 aliphatic rings. The summed E-state index contributed by atoms with van der Waals surface area (Å²) in [7, 11) is 3.67. The maximum absolute atomic E-state index is 13.7. The van der Waals surface area contributed by atoms with Crippen molar-refractivity contribution in [2.45, 2.75) is 26.2 Å². The van der Waals surface area contributed by atoms with E-state index in [0.717, 1.165) is 58.1 Å². The van der Waals surface area contributed by atoms with E-state index in [1.54, 1.807) is 19.2 Å². The van der Waals surface area contributed by atoms with Crippen LogP contribution in [-0.4, -0.2) is 52.9 Å². The van der Waals surface area contributed by atoms with Crippen LogP contribution in [0.4, 0.5) is 10.1 Å². The van der Waals surface area contributed by atoms with Crippen molar-refractivity contribution in [1.82, 2.24) is 10.6 Å². The molecule has 1 rings (SSSR count). The summed E-state index contributed by atoms with van der Waals surface area (Å²) < 4.78 is 19.0. The summed E-state index contributed by atoms with van der Waals surface area (Å²) in [5, 5.41) is 6.57. The van der Waals surface area contributed by atoms with E-state index in [-0.39, 0.29) is 5.82 Å². The molecule has 0 unspecified atom stereocenters. The summed E-state index contributed by atoms with van der Waals surface area (Å²) in [6.07, 6.45) is 3.00. The second-order valence-corrected chi connectivity index (χ2v) is 5.56. The van der Waals surface area contributed by atoms with E-state index in [1.165, 1.54) is 6.07 Å². The number of hydrogen-bond acceptors (Lipinski definition) is 3. The molecule has 0 saturated carbocycles. The molecule has 0 radical (unpaired) electrons. The minimum atomic E-state index is -0.183. The molecule has 0 bridgehead atoms. The van der Waals surface area contributed by atoms with Crippen LogP contribution in [0.15, 0.2) is 29.3 Å². The molecule has 0 fully saturated rings. The number of para-hydroxylation sites is 1. The molecular weight excluding hydrogens is 307 g/mol. The largest absolute Gasteiger partial charge is 0.382 e. The molecule has 136 valence electrons. The SMILES string of the molecule is CCOCCCCNC(=NC)NCCCN(C)c1ccccc1F. The summed E-state index contributed by atoms with van der Waals surface area (Å²) in [5.41, 5.74) is 0.634. The Kier molecular flexibility index (Phi) is 10.6. The second-order valence-electron chi connectivity index (χ2n) is 5.56. The highest BCUT2D eigenvalue weighted by molar-refractivity contribution is 5.79. The Morgan fingerprint density at radius 3 is 2.54 bits per heavy atom. The van der Waals surface area contributed by atoms with Crippen LogP contribution in [0.25, 0.3) is 0 Å². The number of rotatable bonds is 11. The molecule has 0 saturated heterocycles. The third-order valence-electron chi connectivity index (χ3n) is 3.66. The molecule has 0 spiro atoms. The molecule has 0 aliphatic carbocycles. The van der Waals surface area contributed by atoms with Crippen molar-refractivity contribution in [2.75, 3.05) is 51.8 Å². The summed E-state index contributed by atoms with van der Waals surface area (Å²) in [6.45, 7) is 6.04. The normalized spacial score (nSPS) is 11.4. The van der Waals surface area contributed by atoms with E-state index in [2.05, 4.69) is 15.6 Å². The predicted octanol–water partition coefficient (Wildman–Crippen LogP) is 2.63. The van der Waals surface area contributed by atoms with Gasteiger partial charge in [-0.05, 0) is 38.3 Å². The van der Waals surface area contributed by atoms with Crippen LogP contribution < -0.4 is 15.5 Å². The summed E-state index contributed by atoms with van der Waals surface area (Å²) in [6, 6.07) is 6.84. The van der Waals surface area contributed by atoms with Crippen molar-refractivity contribution in [3.63, 3.8) is 0 Å². The Balaban J connectivity index is 2.15. The zero-order valence-corrected chi connectivity index (χ0v) is 15.1. The highest BCUT2D eigenvalue weighted by Gasteiger charge is 2.06. The monoisotopic (exact) mass is 338 g/mol. The van der Waals surface area contributed by atoms with Crippen molar-refractivity contribution in [1.29, 1.82) is 0 Å². The smallest absolute Gasteiger partial charge is 0.190 e. The number of hydrogen-bond donors (Lipinski definition) is 2. The van der Waals surface area contributed by atoms with Gasteiger partial charge in [-0.25, -0.2) is 4.39 Å². The molecule has 0 heterocycles. The first-order valence-corrected chi connectivity index (χ1v) is 8.67. The molecule has 24 heavy (non-hydrogen) atoms. The first kappa shape index (κ1) is 20.2. The van der Waals surface area contributed by atoms with Crippen molar-refractivity contribution < 1.29 is 9.13 Å². The Labute approximate surface area is 145 Å². The fourth-order valence-electron chi connectivity index (χ4n) is 2.31. The van der Waals surface area contributed by atoms with Gasteiger partial charge in [0.25, 0.3) is 0 Å². The number of halogens is 1. The molecule has 1 aromatic rings. The van der Waals surface area contributed by atoms with Crippen molar-refractivity contribution in [3.05, 3.63) is 30.1 Å². The van der Waals surface area contributed by atoms with Crippen LogP contribution in [0.5, 0.6) is 0 Å². The quantitative estimate of drug-likeness (QED) is 0.370. The van der Waals surface area contributed by atoms with Crippen molar-refractivity contribution >= 4 is 11.6 Å². The number of anilines is 1. The van der Waals surface area contributed by atoms with Gasteiger partial charge >= 0.3 is 0 Å². The highest BCUT2D eigenvalue weighted by Crippen LogP contribution is 2.16. The molecular formula is C18H31FN4O. The van der Waals surface area contributed by atoms with Crippen LogP contribution >= 0.6 is 0 Å². The van der Waals surface area contributed by atoms with Crippen LogP contribution in [0, 0.1) is 5.82 Å². The number of ether oxygens (including phenoxy) is 1. The van der Waals surface area contributed by atoms with Crippen LogP contribution in [0.2, 0.25) is 0 Å². The molecule has 0 aromatic heterocycles. The van der Waals surface area contributed by atoms with Crippen LogP contribution in [-0.2, 0) is 4.74 Å². The highest BCUT2D eigenvalue weighted by atomic mass is 19.1. The number of nitrogens with one attached hydrogen (secondary N) is 2. The minimum absolute atomic E-state index is 0.183. The number of benzene rings is 1. The lowest BCUT2D eigenvalue weighted by atomic mass is 10.2. The Hall–Kier alpha value is -1.82. The summed E-state index contributed by atoms with van der Waals surface area (Å²) >= 11 is 0. The number of nitrogens with zero attached hydrogens (tertiary/aromatic N) is 2. The Morgan fingerprint density at radius 1 is 1.17 bits per heavy atom. The second kappa shape index (κ2) is 12.6. The molecule has 1 aromatic carbocycles. The maximum atomic E-state index is 13.7. The van der Waals surface area contributed by atoms with Gasteiger partial charge in [-0.1, -0.05) is 12.1 Å². The van der Waals surface area contributed by atoms with Crippen LogP contribution in [0.3, 0.4) is 0 Å². The standard InChI is InChI=1S/C18H31FN4O/c1-4-24-15-8-7-12-21-18(20-2)22-13-9-14-23(3)17-11-6-5-10-16(17)19/h5-6,10-11H,4,7-9,12-15H2,1-3H3,(H2,20,21,22). The van der Waals surface area contributed by atoms with Gasteiger partial charge in [0, 0.05) is 46.9 Å². The molecule has 6 heteroatoms. The number of unbranched alkanes of at least 4 members (excludes halogenated alkanes) is 1. The summed E-state index contributed by atoms with van der Waals surface area (Å²) in [5.74, 6) is 0.623. The lowest BCUT2D eigenvalue weighted by molar-refractivity contribution is 0.143. The number of guanidine groups is 1. The van der Waals surface area contributed by atoms with Gasteiger partial charge in [0.2, 0.25) is 0 Å². The Morgan fingerprint density at radius 2 is 1.88 bits per heavy atom. The molecule has 5 nitrogen and oxygen atoms in total. The van der Waals surface area contributed by atoms with Gasteiger partial charge in [0.05, 0.1) is 5.69 Å². The Bertz CT molecular complexity index is 482. The van der Waals surface area contributed by atoms with Crippen molar-refractivity contribution in [3.8, 4) is 0 Å². The topological polar surface area (TPSA) is 48.9 Å². The van der Waals surface area contributed by atoms with E-state index >= 15 is 0 Å². The van der Waals surface area contributed by atoms with Crippen LogP contribution in [0.1, 0.15) is 26.2 Å². The van der Waals surface area contributed by atoms with E-state index in [9.17, 15) is 4.39 Å². The predicted molar refractivity (Wildman–Crippen MR) is 99.4 cm³/mol. The zero-order valence-electron chi connectivity index (χ0n) is 15.1. The van der Waals surface area contributed by atoms with Gasteiger partial charge in [-0.3, -0.25) is 4.99 Å². The fourth-order valence-corrected chi connectivity index (χ4v) is 2.31. The summed E-state index contributed by atoms with van der Waals surface area (Å²) in [4.78, 5) is 6.13. The van der Waals surface area contributed by atoms with Gasteiger partial charge in [-0.15, -0.1) is 0 Å². The average molecular weight is 338 g/mol. The van der Waals surface area contributed by atoms with Crippen molar-refractivity contribution in [2.24, 2.45) is 4.99 Å². The third kappa shape index (κ3) is 8.15. The third-order valence-corrected chi connectivity index (χ3v) is 3.66. The molecule has 2 N–H and O–H groups in total. The maximum Gasteiger partial charge on any atom is 0.190 e. The molecule has 0 atom stereocenters. The average Bonchev–Trinajstić information content (AvgIpc) is 2.59. The van der Waals surface area contributed by atoms with Gasteiger partial charge in [0.15, 0.2) is 5.96 Å². The lowest BCUT2D eigenvalue weighted by Gasteiger charge is -2.20. The first-order valence-electron chi connectivity index (χ1n) is 8.67. The van der Waals surface area contributed by atoms with Gasteiger partial charge in [-0.2, -0.15) is 0 Å². The van der Waals surface area contributed by atoms with E-state index < -0.39 is 0 Å². The molecule has 0 aliphatic heterocycles. The lowest BCUT2D eigenvalue weighted by Crippen LogP contribution is -2.39. The van der Waals surface area contributed by atoms with E-state index in [4.69, 9.17) is 4.74 Å². The van der Waals surface area contributed by atoms with Gasteiger partial charge in [0.1, 0.15) is 5.82 Å². The minimum Gasteiger partial charge on any atom is -0.382 e. The first-order chi connectivity index (χ1) is 11.7.